The number of nitrogens with zero attached hydrogens (tertiary/aromatic N) is 3. The van der Waals surface area contributed by atoms with Crippen LogP contribution in [0, 0.1) is 0 Å². The highest BCUT2D eigenvalue weighted by Crippen LogP contribution is 2.45. The van der Waals surface area contributed by atoms with E-state index >= 15 is 0 Å². The number of anilines is 1. The molecule has 148 valence electrons. The van der Waals surface area contributed by atoms with Gasteiger partial charge in [0.2, 0.25) is 5.95 Å². The van der Waals surface area contributed by atoms with Gasteiger partial charge in [-0.3, -0.25) is 10.0 Å². The topological polar surface area (TPSA) is 99.6 Å². The van der Waals surface area contributed by atoms with E-state index in [0.29, 0.717) is 31.0 Å². The van der Waals surface area contributed by atoms with Crippen LogP contribution in [0.1, 0.15) is 22.3 Å². The van der Waals surface area contributed by atoms with Gasteiger partial charge in [-0.15, -0.1) is 13.2 Å². The van der Waals surface area contributed by atoms with E-state index in [-0.39, 0.29) is 17.4 Å². The van der Waals surface area contributed by atoms with Crippen LogP contribution >= 0.6 is 0 Å². The van der Waals surface area contributed by atoms with Gasteiger partial charge in [0.15, 0.2) is 0 Å². The molecule has 4 rings (SSSR count). The highest BCUT2D eigenvalue weighted by Gasteiger charge is 2.53. The molecule has 0 spiro atoms. The molecule has 2 atom stereocenters. The van der Waals surface area contributed by atoms with E-state index in [1.807, 2.05) is 4.90 Å². The lowest BCUT2D eigenvalue weighted by Gasteiger charge is -2.39. The molecule has 0 saturated carbocycles. The van der Waals surface area contributed by atoms with Crippen molar-refractivity contribution in [1.82, 2.24) is 20.8 Å². The maximum Gasteiger partial charge on any atom is 0.573 e. The fourth-order valence-electron chi connectivity index (χ4n) is 3.87. The zero-order chi connectivity index (χ0) is 19.9. The second-order valence-corrected chi connectivity index (χ2v) is 6.71. The van der Waals surface area contributed by atoms with Gasteiger partial charge in [0, 0.05) is 31.5 Å². The zero-order valence-electron chi connectivity index (χ0n) is 14.4. The molecule has 3 N–H and O–H groups in total. The molecule has 0 unspecified atom stereocenters. The van der Waals surface area contributed by atoms with Crippen molar-refractivity contribution in [3.8, 4) is 5.75 Å². The summed E-state index contributed by atoms with van der Waals surface area (Å²) in [6.45, 7) is 1.07. The van der Waals surface area contributed by atoms with Crippen LogP contribution in [-0.2, 0) is 5.54 Å². The molecule has 1 amide bonds. The SMILES string of the molecule is O=C(NO)c1cnc(N2C[C@@H]3C[C@]2(c2cccc(OC(F)(F)F)c2)CN3)nc1. The van der Waals surface area contributed by atoms with Crippen molar-refractivity contribution < 1.29 is 27.9 Å². The molecule has 2 saturated heterocycles. The lowest BCUT2D eigenvalue weighted by Crippen LogP contribution is -2.51. The number of hydrogen-bond donors (Lipinski definition) is 3. The normalized spacial score (nSPS) is 23.7. The number of benzene rings is 1. The van der Waals surface area contributed by atoms with Crippen molar-refractivity contribution in [3.05, 3.63) is 47.8 Å². The third-order valence-electron chi connectivity index (χ3n) is 5.04. The minimum absolute atomic E-state index is 0.0864. The van der Waals surface area contributed by atoms with Crippen LogP contribution in [0.2, 0.25) is 0 Å². The number of halogens is 3. The number of carbonyl (C=O) groups excluding carboxylic acids is 1. The number of alkyl halides is 3. The first-order chi connectivity index (χ1) is 13.3. The quantitative estimate of drug-likeness (QED) is 0.534. The molecule has 0 aliphatic carbocycles. The minimum atomic E-state index is -4.77. The first-order valence-electron chi connectivity index (χ1n) is 8.44. The summed E-state index contributed by atoms with van der Waals surface area (Å²) in [6.07, 6.45) is -1.53. The molecule has 2 aliphatic rings. The second-order valence-electron chi connectivity index (χ2n) is 6.71. The molecule has 1 aromatic carbocycles. The summed E-state index contributed by atoms with van der Waals surface area (Å²) in [5.41, 5.74) is 1.62. The number of rotatable bonds is 4. The zero-order valence-corrected chi connectivity index (χ0v) is 14.4. The summed E-state index contributed by atoms with van der Waals surface area (Å²) in [5, 5.41) is 12.0. The first-order valence-corrected chi connectivity index (χ1v) is 8.44. The Labute approximate surface area is 157 Å². The number of carbonyl (C=O) groups is 1. The van der Waals surface area contributed by atoms with E-state index in [9.17, 15) is 18.0 Å². The number of hydroxylamine groups is 1. The van der Waals surface area contributed by atoms with Crippen molar-refractivity contribution in [2.24, 2.45) is 0 Å². The Hall–Kier alpha value is -2.92. The Morgan fingerprint density at radius 3 is 2.75 bits per heavy atom. The first kappa shape index (κ1) is 18.4. The average molecular weight is 395 g/mol. The van der Waals surface area contributed by atoms with Crippen LogP contribution in [0.5, 0.6) is 5.75 Å². The van der Waals surface area contributed by atoms with Gasteiger partial charge in [-0.2, -0.15) is 0 Å². The van der Waals surface area contributed by atoms with E-state index in [0.717, 1.165) is 0 Å². The largest absolute Gasteiger partial charge is 0.573 e. The molecule has 8 nitrogen and oxygen atoms in total. The van der Waals surface area contributed by atoms with Crippen molar-refractivity contribution in [2.45, 2.75) is 24.4 Å². The van der Waals surface area contributed by atoms with Crippen molar-refractivity contribution in [1.29, 1.82) is 0 Å². The Morgan fingerprint density at radius 2 is 2.11 bits per heavy atom. The molecular weight excluding hydrogens is 379 g/mol. The molecule has 2 bridgehead atoms. The third kappa shape index (κ3) is 3.22. The van der Waals surface area contributed by atoms with Gasteiger partial charge in [0.05, 0.1) is 11.1 Å². The fraction of sp³-hybridized carbons (Fsp3) is 0.353. The summed E-state index contributed by atoms with van der Waals surface area (Å²) in [6, 6.07) is 6.04. The summed E-state index contributed by atoms with van der Waals surface area (Å²) < 4.78 is 41.8. The molecule has 0 radical (unpaired) electrons. The Balaban J connectivity index is 1.67. The van der Waals surface area contributed by atoms with Crippen molar-refractivity contribution in [3.63, 3.8) is 0 Å². The number of fused-ring (bicyclic) bond motifs is 2. The fourth-order valence-corrected chi connectivity index (χ4v) is 3.87. The standard InChI is InChI=1S/C17H16F3N5O3/c18-17(19,20)28-13-3-1-2-11(4-13)16-5-12(23-9-16)8-25(16)15-21-6-10(7-22-15)14(26)24-27/h1-4,6-7,12,23,27H,5,8-9H2,(H,24,26)/t12-,16+/m0/s1. The molecule has 28 heavy (non-hydrogen) atoms. The number of nitrogens with one attached hydrogen (secondary N) is 2. The summed E-state index contributed by atoms with van der Waals surface area (Å²) >= 11 is 0. The van der Waals surface area contributed by atoms with Crippen LogP contribution in [0.3, 0.4) is 0 Å². The van der Waals surface area contributed by atoms with Gasteiger partial charge in [-0.1, -0.05) is 12.1 Å². The monoisotopic (exact) mass is 395 g/mol. The van der Waals surface area contributed by atoms with Crippen LogP contribution in [0.4, 0.5) is 19.1 Å². The highest BCUT2D eigenvalue weighted by atomic mass is 19.4. The summed E-state index contributed by atoms with van der Waals surface area (Å²) in [5.74, 6) is -0.672. The van der Waals surface area contributed by atoms with Crippen LogP contribution in [0.25, 0.3) is 0 Å². The maximum absolute atomic E-state index is 12.6. The number of aromatic nitrogens is 2. The Kier molecular flexibility index (Phi) is 4.35. The second kappa shape index (κ2) is 6.60. The number of piperazine rings is 1. The predicted molar refractivity (Wildman–Crippen MR) is 89.8 cm³/mol. The van der Waals surface area contributed by atoms with E-state index in [1.165, 1.54) is 36.1 Å². The van der Waals surface area contributed by atoms with Crippen LogP contribution in [-0.4, -0.2) is 46.6 Å². The van der Waals surface area contributed by atoms with Gasteiger partial charge in [0.25, 0.3) is 5.91 Å². The molecule has 11 heteroatoms. The molecule has 2 aliphatic heterocycles. The van der Waals surface area contributed by atoms with E-state index < -0.39 is 17.8 Å². The highest BCUT2D eigenvalue weighted by molar-refractivity contribution is 5.92. The summed E-state index contributed by atoms with van der Waals surface area (Å²) in [4.78, 5) is 21.8. The van der Waals surface area contributed by atoms with Gasteiger partial charge < -0.3 is 15.0 Å². The minimum Gasteiger partial charge on any atom is -0.406 e. The van der Waals surface area contributed by atoms with Crippen molar-refractivity contribution >= 4 is 11.9 Å². The van der Waals surface area contributed by atoms with E-state index in [4.69, 9.17) is 5.21 Å². The Bertz CT molecular complexity index is 892. The molecular formula is C17H16F3N5O3. The van der Waals surface area contributed by atoms with Crippen molar-refractivity contribution in [2.75, 3.05) is 18.0 Å². The van der Waals surface area contributed by atoms with Crippen LogP contribution < -0.4 is 20.4 Å². The third-order valence-corrected chi connectivity index (χ3v) is 5.04. The van der Waals surface area contributed by atoms with Crippen LogP contribution in [0.15, 0.2) is 36.7 Å². The molecule has 2 aromatic rings. The van der Waals surface area contributed by atoms with Gasteiger partial charge >= 0.3 is 6.36 Å². The number of hydrogen-bond acceptors (Lipinski definition) is 7. The molecule has 1 aromatic heterocycles. The lowest BCUT2D eigenvalue weighted by atomic mass is 9.89. The van der Waals surface area contributed by atoms with Gasteiger partial charge in [-0.25, -0.2) is 15.4 Å². The van der Waals surface area contributed by atoms with E-state index in [2.05, 4.69) is 20.0 Å². The number of ether oxygens (including phenoxy) is 1. The van der Waals surface area contributed by atoms with Gasteiger partial charge in [-0.05, 0) is 24.1 Å². The molecule has 3 heterocycles. The van der Waals surface area contributed by atoms with E-state index in [1.54, 1.807) is 6.07 Å². The van der Waals surface area contributed by atoms with Gasteiger partial charge in [0.1, 0.15) is 5.75 Å². The predicted octanol–water partition coefficient (Wildman–Crippen LogP) is 1.57. The average Bonchev–Trinajstić information content (AvgIpc) is 3.26. The Morgan fingerprint density at radius 1 is 1.36 bits per heavy atom. The maximum atomic E-state index is 12.6. The molecule has 2 fully saturated rings. The lowest BCUT2D eigenvalue weighted by molar-refractivity contribution is -0.274. The smallest absolute Gasteiger partial charge is 0.406 e. The summed E-state index contributed by atoms with van der Waals surface area (Å²) in [7, 11) is 0. The number of amides is 1.